The fourth-order valence-corrected chi connectivity index (χ4v) is 3.25. The number of anilines is 2. The summed E-state index contributed by atoms with van der Waals surface area (Å²) in [5.41, 5.74) is 2.94. The third-order valence-electron chi connectivity index (χ3n) is 5.02. The molecule has 166 valence electrons. The van der Waals surface area contributed by atoms with Crippen LogP contribution in [-0.4, -0.2) is 18.4 Å². The first kappa shape index (κ1) is 23.1. The molecule has 0 spiro atoms. The molecule has 0 saturated carbocycles. The van der Waals surface area contributed by atoms with E-state index < -0.39 is 0 Å². The van der Waals surface area contributed by atoms with Crippen LogP contribution in [0.3, 0.4) is 0 Å². The number of hydrogen-bond donors (Lipinski definition) is 2. The Kier molecular flexibility index (Phi) is 8.87. The van der Waals surface area contributed by atoms with E-state index in [1.165, 1.54) is 0 Å². The Morgan fingerprint density at radius 3 is 2.25 bits per heavy atom. The van der Waals surface area contributed by atoms with Gasteiger partial charge in [-0.15, -0.1) is 0 Å². The minimum Gasteiger partial charge on any atom is -0.494 e. The summed E-state index contributed by atoms with van der Waals surface area (Å²) in [7, 11) is 0. The fraction of sp³-hybridized carbons (Fsp3) is 0.259. The molecule has 3 rings (SSSR count). The molecule has 5 heteroatoms. The van der Waals surface area contributed by atoms with Crippen LogP contribution in [0.1, 0.15) is 48.5 Å². The summed E-state index contributed by atoms with van der Waals surface area (Å²) in [5, 5.41) is 5.77. The summed E-state index contributed by atoms with van der Waals surface area (Å²) < 4.78 is 5.69. The van der Waals surface area contributed by atoms with E-state index in [2.05, 4.69) is 17.6 Å². The van der Waals surface area contributed by atoms with E-state index in [0.717, 1.165) is 30.6 Å². The number of nitrogens with one attached hydrogen (secondary N) is 2. The Morgan fingerprint density at radius 1 is 0.812 bits per heavy atom. The van der Waals surface area contributed by atoms with Gasteiger partial charge in [0.15, 0.2) is 0 Å². The van der Waals surface area contributed by atoms with Gasteiger partial charge in [-0.2, -0.15) is 0 Å². The van der Waals surface area contributed by atoms with Gasteiger partial charge in [0.1, 0.15) is 5.75 Å². The van der Waals surface area contributed by atoms with Gasteiger partial charge in [-0.05, 0) is 60.9 Å². The molecule has 0 fully saturated rings. The molecule has 0 unspecified atom stereocenters. The Balaban J connectivity index is 1.50. The SMILES string of the molecule is CCCCCOc1ccc(C(=O)Nc2cccc(NC(=O)CCc3ccccc3)c2)cc1. The highest BCUT2D eigenvalue weighted by atomic mass is 16.5. The molecule has 0 aliphatic heterocycles. The molecule has 0 saturated heterocycles. The third kappa shape index (κ3) is 7.58. The largest absolute Gasteiger partial charge is 0.494 e. The van der Waals surface area contributed by atoms with E-state index in [1.54, 1.807) is 36.4 Å². The van der Waals surface area contributed by atoms with Gasteiger partial charge in [0.2, 0.25) is 5.91 Å². The van der Waals surface area contributed by atoms with Gasteiger partial charge >= 0.3 is 0 Å². The molecule has 3 aromatic carbocycles. The second-order valence-corrected chi connectivity index (χ2v) is 7.65. The van der Waals surface area contributed by atoms with Crippen LogP contribution in [0.4, 0.5) is 11.4 Å². The minimum absolute atomic E-state index is 0.0631. The average molecular weight is 431 g/mol. The molecule has 0 aliphatic carbocycles. The van der Waals surface area contributed by atoms with Crippen molar-refractivity contribution >= 4 is 23.2 Å². The van der Waals surface area contributed by atoms with Gasteiger partial charge in [-0.3, -0.25) is 9.59 Å². The van der Waals surface area contributed by atoms with Crippen molar-refractivity contribution in [2.45, 2.75) is 39.0 Å². The molecule has 0 aromatic heterocycles. The van der Waals surface area contributed by atoms with Crippen molar-refractivity contribution in [1.82, 2.24) is 0 Å². The van der Waals surface area contributed by atoms with Crippen molar-refractivity contribution in [2.24, 2.45) is 0 Å². The van der Waals surface area contributed by atoms with Crippen LogP contribution in [0, 0.1) is 0 Å². The van der Waals surface area contributed by atoms with Crippen LogP contribution in [0.5, 0.6) is 5.75 Å². The van der Waals surface area contributed by atoms with Crippen LogP contribution in [0.25, 0.3) is 0 Å². The standard InChI is InChI=1S/C27H30N2O3/c1-2-3-7-19-32-25-16-14-22(15-17-25)27(31)29-24-12-8-11-23(20-24)28-26(30)18-13-21-9-5-4-6-10-21/h4-6,8-12,14-17,20H,2-3,7,13,18-19H2,1H3,(H,28,30)(H,29,31). The maximum Gasteiger partial charge on any atom is 0.255 e. The van der Waals surface area contributed by atoms with Gasteiger partial charge in [0.05, 0.1) is 6.61 Å². The maximum absolute atomic E-state index is 12.6. The zero-order chi connectivity index (χ0) is 22.6. The Morgan fingerprint density at radius 2 is 1.53 bits per heavy atom. The second-order valence-electron chi connectivity index (χ2n) is 7.65. The van der Waals surface area contributed by atoms with Gasteiger partial charge in [-0.25, -0.2) is 0 Å². The lowest BCUT2D eigenvalue weighted by Gasteiger charge is -2.10. The fourth-order valence-electron chi connectivity index (χ4n) is 3.25. The minimum atomic E-state index is -0.213. The molecule has 0 bridgehead atoms. The summed E-state index contributed by atoms with van der Waals surface area (Å²) >= 11 is 0. The maximum atomic E-state index is 12.6. The first-order chi connectivity index (χ1) is 15.6. The summed E-state index contributed by atoms with van der Waals surface area (Å²) in [4.78, 5) is 24.9. The smallest absolute Gasteiger partial charge is 0.255 e. The Bertz CT molecular complexity index is 1000. The average Bonchev–Trinajstić information content (AvgIpc) is 2.82. The third-order valence-corrected chi connectivity index (χ3v) is 5.02. The lowest BCUT2D eigenvalue weighted by atomic mass is 10.1. The first-order valence-electron chi connectivity index (χ1n) is 11.1. The van der Waals surface area contributed by atoms with Crippen molar-refractivity contribution in [1.29, 1.82) is 0 Å². The molecule has 0 aliphatic rings. The Labute approximate surface area is 189 Å². The zero-order valence-corrected chi connectivity index (χ0v) is 18.5. The highest BCUT2D eigenvalue weighted by Crippen LogP contribution is 2.18. The summed E-state index contributed by atoms with van der Waals surface area (Å²) in [6.07, 6.45) is 4.40. The number of rotatable bonds is 11. The van der Waals surface area contributed by atoms with Gasteiger partial charge in [-0.1, -0.05) is 56.2 Å². The molecular formula is C27H30N2O3. The molecule has 2 amide bonds. The Hall–Kier alpha value is -3.60. The molecule has 0 radical (unpaired) electrons. The molecule has 0 atom stereocenters. The predicted molar refractivity (Wildman–Crippen MR) is 129 cm³/mol. The van der Waals surface area contributed by atoms with Crippen molar-refractivity contribution < 1.29 is 14.3 Å². The molecule has 3 aromatic rings. The van der Waals surface area contributed by atoms with E-state index in [-0.39, 0.29) is 11.8 Å². The monoisotopic (exact) mass is 430 g/mol. The molecule has 5 nitrogen and oxygen atoms in total. The molecular weight excluding hydrogens is 400 g/mol. The van der Waals surface area contributed by atoms with E-state index >= 15 is 0 Å². The lowest BCUT2D eigenvalue weighted by Crippen LogP contribution is -2.14. The number of carbonyl (C=O) groups excluding carboxylic acids is 2. The summed E-state index contributed by atoms with van der Waals surface area (Å²) in [6.45, 7) is 2.84. The van der Waals surface area contributed by atoms with E-state index in [1.807, 2.05) is 42.5 Å². The summed E-state index contributed by atoms with van der Waals surface area (Å²) in [6, 6.07) is 24.2. The molecule has 0 heterocycles. The number of aryl methyl sites for hydroxylation is 1. The number of hydrogen-bond acceptors (Lipinski definition) is 3. The number of unbranched alkanes of at least 4 members (excludes halogenated alkanes) is 2. The normalized spacial score (nSPS) is 10.4. The van der Waals surface area contributed by atoms with E-state index in [4.69, 9.17) is 4.74 Å². The summed E-state index contributed by atoms with van der Waals surface area (Å²) in [5.74, 6) is 0.486. The number of amides is 2. The van der Waals surface area contributed by atoms with Crippen molar-refractivity contribution in [3.63, 3.8) is 0 Å². The second kappa shape index (κ2) is 12.3. The zero-order valence-electron chi connectivity index (χ0n) is 18.5. The highest BCUT2D eigenvalue weighted by Gasteiger charge is 2.08. The van der Waals surface area contributed by atoms with Crippen molar-refractivity contribution in [2.75, 3.05) is 17.2 Å². The molecule has 32 heavy (non-hydrogen) atoms. The quantitative estimate of drug-likeness (QED) is 0.362. The van der Waals surface area contributed by atoms with Gasteiger partial charge < -0.3 is 15.4 Å². The van der Waals surface area contributed by atoms with Crippen molar-refractivity contribution in [3.05, 3.63) is 90.0 Å². The van der Waals surface area contributed by atoms with Crippen LogP contribution >= 0.6 is 0 Å². The lowest BCUT2D eigenvalue weighted by molar-refractivity contribution is -0.116. The van der Waals surface area contributed by atoms with Crippen molar-refractivity contribution in [3.8, 4) is 5.75 Å². The van der Waals surface area contributed by atoms with Crippen LogP contribution in [0.15, 0.2) is 78.9 Å². The van der Waals surface area contributed by atoms with Gasteiger partial charge in [0.25, 0.3) is 5.91 Å². The number of benzene rings is 3. The van der Waals surface area contributed by atoms with Crippen LogP contribution < -0.4 is 15.4 Å². The van der Waals surface area contributed by atoms with Crippen LogP contribution in [0.2, 0.25) is 0 Å². The number of ether oxygens (including phenoxy) is 1. The van der Waals surface area contributed by atoms with E-state index in [0.29, 0.717) is 36.4 Å². The van der Waals surface area contributed by atoms with E-state index in [9.17, 15) is 9.59 Å². The predicted octanol–water partition coefficient (Wildman–Crippen LogP) is 6.08. The first-order valence-corrected chi connectivity index (χ1v) is 11.1. The topological polar surface area (TPSA) is 67.4 Å². The van der Waals surface area contributed by atoms with Gasteiger partial charge in [0, 0.05) is 23.4 Å². The molecule has 2 N–H and O–H groups in total. The highest BCUT2D eigenvalue weighted by molar-refractivity contribution is 6.04. The van der Waals surface area contributed by atoms with Crippen LogP contribution in [-0.2, 0) is 11.2 Å². The number of carbonyl (C=O) groups is 2.